The molecule has 0 aliphatic carbocycles. The van der Waals surface area contributed by atoms with Gasteiger partial charge in [-0.05, 0) is 13.3 Å². The number of alkyl halides is 7. The Morgan fingerprint density at radius 2 is 1.78 bits per heavy atom. The average molecular weight is 464 g/mol. The molecule has 11 heteroatoms. The molecular formula is C12H15F6IO4. The molecule has 0 saturated carbocycles. The van der Waals surface area contributed by atoms with E-state index in [9.17, 15) is 36.2 Å². The van der Waals surface area contributed by atoms with Crippen molar-refractivity contribution in [1.82, 2.24) is 0 Å². The van der Waals surface area contributed by atoms with Gasteiger partial charge in [-0.1, -0.05) is 29.5 Å². The molecule has 1 N–H and O–H groups in total. The van der Waals surface area contributed by atoms with Gasteiger partial charge in [0, 0.05) is 6.42 Å². The predicted octanol–water partition coefficient (Wildman–Crippen LogP) is 3.50. The van der Waals surface area contributed by atoms with Gasteiger partial charge in [0.1, 0.15) is 3.42 Å². The zero-order chi connectivity index (χ0) is 18.3. The highest BCUT2D eigenvalue weighted by Crippen LogP contribution is 2.50. The minimum absolute atomic E-state index is 0.111. The highest BCUT2D eigenvalue weighted by atomic mass is 127. The third-order valence-corrected chi connectivity index (χ3v) is 4.91. The van der Waals surface area contributed by atoms with Gasteiger partial charge in [-0.25, -0.2) is 0 Å². The Bertz CT molecular complexity index is 463. The molecule has 3 unspecified atom stereocenters. The Labute approximate surface area is 141 Å². The number of aliphatic hydroxyl groups is 1. The van der Waals surface area contributed by atoms with Crippen molar-refractivity contribution < 1.29 is 45.7 Å². The van der Waals surface area contributed by atoms with E-state index in [1.54, 1.807) is 22.6 Å². The summed E-state index contributed by atoms with van der Waals surface area (Å²) in [6, 6.07) is 0. The molecule has 23 heavy (non-hydrogen) atoms. The van der Waals surface area contributed by atoms with Crippen LogP contribution in [0.15, 0.2) is 0 Å². The fraction of sp³-hybridized carbons (Fsp3) is 0.917. The van der Waals surface area contributed by atoms with Gasteiger partial charge in [-0.2, -0.15) is 26.3 Å². The van der Waals surface area contributed by atoms with Gasteiger partial charge in [0.25, 0.3) is 5.79 Å². The van der Waals surface area contributed by atoms with Crippen molar-refractivity contribution in [2.75, 3.05) is 6.61 Å². The van der Waals surface area contributed by atoms with Gasteiger partial charge in [-0.15, -0.1) is 0 Å². The maximum atomic E-state index is 13.4. The molecule has 1 fully saturated rings. The Morgan fingerprint density at radius 3 is 2.17 bits per heavy atom. The van der Waals surface area contributed by atoms with E-state index >= 15 is 0 Å². The number of ether oxygens (including phenoxy) is 2. The number of rotatable bonds is 3. The molecule has 1 saturated heterocycles. The van der Waals surface area contributed by atoms with Crippen molar-refractivity contribution in [3.63, 3.8) is 0 Å². The summed E-state index contributed by atoms with van der Waals surface area (Å²) in [6.07, 6.45) is -13.6. The van der Waals surface area contributed by atoms with Crippen molar-refractivity contribution in [2.24, 2.45) is 0 Å². The van der Waals surface area contributed by atoms with Gasteiger partial charge >= 0.3 is 18.3 Å². The second kappa shape index (κ2) is 6.21. The lowest BCUT2D eigenvalue weighted by atomic mass is 9.86. The van der Waals surface area contributed by atoms with Crippen LogP contribution >= 0.6 is 22.6 Å². The van der Waals surface area contributed by atoms with Crippen molar-refractivity contribution >= 4 is 28.6 Å². The van der Waals surface area contributed by atoms with Gasteiger partial charge < -0.3 is 14.6 Å². The highest BCUT2D eigenvalue weighted by molar-refractivity contribution is 14.1. The van der Waals surface area contributed by atoms with Crippen LogP contribution in [-0.4, -0.2) is 44.8 Å². The summed E-state index contributed by atoms with van der Waals surface area (Å²) in [5, 5.41) is 9.44. The molecule has 0 spiro atoms. The first kappa shape index (κ1) is 20.7. The van der Waals surface area contributed by atoms with Crippen LogP contribution in [0.5, 0.6) is 0 Å². The molecule has 4 nitrogen and oxygen atoms in total. The van der Waals surface area contributed by atoms with E-state index in [1.807, 2.05) is 0 Å². The molecule has 3 atom stereocenters. The molecule has 0 aromatic heterocycles. The quantitative estimate of drug-likeness (QED) is 0.301. The Hall–Kier alpha value is -0.300. The van der Waals surface area contributed by atoms with E-state index in [-0.39, 0.29) is 6.42 Å². The maximum absolute atomic E-state index is 13.4. The first-order chi connectivity index (χ1) is 10.1. The molecule has 0 aromatic rings. The van der Waals surface area contributed by atoms with Gasteiger partial charge in [-0.3, -0.25) is 4.79 Å². The molecular weight excluding hydrogens is 449 g/mol. The largest absolute Gasteiger partial charge is 0.448 e. The van der Waals surface area contributed by atoms with Crippen LogP contribution in [0.3, 0.4) is 0 Å². The third kappa shape index (κ3) is 4.03. The molecule has 0 aromatic carbocycles. The Balaban J connectivity index is 3.23. The first-order valence-corrected chi connectivity index (χ1v) is 7.60. The van der Waals surface area contributed by atoms with Gasteiger partial charge in [0.15, 0.2) is 0 Å². The average Bonchev–Trinajstić information content (AvgIpc) is 2.36. The smallest absolute Gasteiger partial charge is 0.443 e. The van der Waals surface area contributed by atoms with E-state index in [1.165, 1.54) is 13.8 Å². The predicted molar refractivity (Wildman–Crippen MR) is 73.8 cm³/mol. The molecule has 1 aliphatic heterocycles. The van der Waals surface area contributed by atoms with Crippen LogP contribution in [0.2, 0.25) is 0 Å². The molecule has 136 valence electrons. The lowest BCUT2D eigenvalue weighted by Crippen LogP contribution is -2.64. The second-order valence-electron chi connectivity index (χ2n) is 5.49. The summed E-state index contributed by atoms with van der Waals surface area (Å²) < 4.78 is 85.8. The van der Waals surface area contributed by atoms with Crippen LogP contribution < -0.4 is 0 Å². The molecule has 1 heterocycles. The topological polar surface area (TPSA) is 55.8 Å². The summed E-state index contributed by atoms with van der Waals surface area (Å²) in [5.41, 5.74) is -3.46. The molecule has 0 bridgehead atoms. The van der Waals surface area contributed by atoms with Crippen LogP contribution in [0.4, 0.5) is 26.3 Å². The minimum Gasteiger partial charge on any atom is -0.448 e. The van der Waals surface area contributed by atoms with Gasteiger partial charge in [0.05, 0.1) is 13.0 Å². The van der Waals surface area contributed by atoms with Crippen molar-refractivity contribution in [2.45, 2.75) is 60.3 Å². The number of carbonyl (C=O) groups excluding carboxylic acids is 1. The maximum Gasteiger partial charge on any atom is 0.443 e. The second-order valence-corrected chi connectivity index (χ2v) is 7.87. The molecule has 1 rings (SSSR count). The lowest BCUT2D eigenvalue weighted by Gasteiger charge is -2.45. The minimum atomic E-state index is -5.46. The zero-order valence-electron chi connectivity index (χ0n) is 12.1. The van der Waals surface area contributed by atoms with E-state index in [0.29, 0.717) is 0 Å². The Morgan fingerprint density at radius 1 is 1.26 bits per heavy atom. The first-order valence-electron chi connectivity index (χ1n) is 6.52. The fourth-order valence-corrected chi connectivity index (χ4v) is 2.02. The number of halogens is 7. The zero-order valence-corrected chi connectivity index (χ0v) is 14.3. The van der Waals surface area contributed by atoms with Crippen molar-refractivity contribution in [3.05, 3.63) is 0 Å². The summed E-state index contributed by atoms with van der Waals surface area (Å²) in [5.74, 6) is -5.33. The number of esters is 1. The summed E-state index contributed by atoms with van der Waals surface area (Å²) in [4.78, 5) is 11.9. The summed E-state index contributed by atoms with van der Waals surface area (Å²) >= 11 is 1.56. The van der Waals surface area contributed by atoms with Crippen molar-refractivity contribution in [3.8, 4) is 0 Å². The van der Waals surface area contributed by atoms with Crippen molar-refractivity contribution in [1.29, 1.82) is 0 Å². The van der Waals surface area contributed by atoms with E-state index in [4.69, 9.17) is 0 Å². The molecule has 1 aliphatic rings. The third-order valence-electron chi connectivity index (χ3n) is 3.71. The van der Waals surface area contributed by atoms with E-state index in [0.717, 1.165) is 0 Å². The van der Waals surface area contributed by atoms with E-state index < -0.39 is 52.6 Å². The lowest BCUT2D eigenvalue weighted by molar-refractivity contribution is -0.413. The summed E-state index contributed by atoms with van der Waals surface area (Å²) in [7, 11) is 0. The van der Waals surface area contributed by atoms with Crippen LogP contribution in [-0.2, 0) is 14.3 Å². The highest BCUT2D eigenvalue weighted by Gasteiger charge is 2.70. The van der Waals surface area contributed by atoms with Crippen LogP contribution in [0.25, 0.3) is 0 Å². The standard InChI is InChI=1S/C12H15F6IO4/c1-3-8(2,19)7(20)23-9(11(13,14)15)4-5-22-10(21,6-9)12(16,17)18/h21H,3-6H2,1-2H3. The van der Waals surface area contributed by atoms with Crippen LogP contribution in [0.1, 0.15) is 33.1 Å². The SMILES string of the molecule is CCC(C)(I)C(=O)OC1(C(F)(F)F)CCOC(O)(C(F)(F)F)C1. The van der Waals surface area contributed by atoms with Crippen LogP contribution in [0, 0.1) is 0 Å². The van der Waals surface area contributed by atoms with E-state index in [2.05, 4.69) is 9.47 Å². The number of hydrogen-bond donors (Lipinski definition) is 1. The fourth-order valence-electron chi connectivity index (χ4n) is 1.91. The monoisotopic (exact) mass is 464 g/mol. The molecule has 0 amide bonds. The number of carbonyl (C=O) groups is 1. The van der Waals surface area contributed by atoms with Gasteiger partial charge in [0.2, 0.25) is 5.60 Å². The normalized spacial score (nSPS) is 32.3. The summed E-state index contributed by atoms with van der Waals surface area (Å²) in [6.45, 7) is 1.76. The molecule has 0 radical (unpaired) electrons. The number of hydrogen-bond acceptors (Lipinski definition) is 4. The Kier molecular flexibility index (Phi) is 5.60.